The SMILES string of the molecule is CCC(CC)(CC)Nc1nc2ccccn2c1C(=O)O. The molecule has 0 saturated carbocycles. The van der Waals surface area contributed by atoms with Crippen LogP contribution in [0.25, 0.3) is 5.65 Å². The lowest BCUT2D eigenvalue weighted by atomic mass is 9.90. The van der Waals surface area contributed by atoms with Crippen LogP contribution in [-0.2, 0) is 0 Å². The van der Waals surface area contributed by atoms with E-state index in [1.165, 1.54) is 0 Å². The smallest absolute Gasteiger partial charge is 0.356 e. The number of aromatic carboxylic acids is 1. The summed E-state index contributed by atoms with van der Waals surface area (Å²) in [6, 6.07) is 5.46. The average molecular weight is 275 g/mol. The van der Waals surface area contributed by atoms with Crippen molar-refractivity contribution in [3.63, 3.8) is 0 Å². The Morgan fingerprint density at radius 3 is 2.50 bits per heavy atom. The van der Waals surface area contributed by atoms with Gasteiger partial charge >= 0.3 is 5.97 Å². The van der Waals surface area contributed by atoms with Crippen molar-refractivity contribution in [2.24, 2.45) is 0 Å². The maximum Gasteiger partial charge on any atom is 0.356 e. The van der Waals surface area contributed by atoms with Crippen LogP contribution in [0.1, 0.15) is 50.5 Å². The second kappa shape index (κ2) is 5.53. The highest BCUT2D eigenvalue weighted by Gasteiger charge is 2.28. The first-order valence-electron chi connectivity index (χ1n) is 7.05. The summed E-state index contributed by atoms with van der Waals surface area (Å²) in [5.41, 5.74) is 0.729. The van der Waals surface area contributed by atoms with Gasteiger partial charge in [0.25, 0.3) is 0 Å². The van der Waals surface area contributed by atoms with Gasteiger partial charge in [-0.3, -0.25) is 4.40 Å². The van der Waals surface area contributed by atoms with E-state index in [9.17, 15) is 9.90 Å². The van der Waals surface area contributed by atoms with Crippen molar-refractivity contribution in [3.05, 3.63) is 30.1 Å². The van der Waals surface area contributed by atoms with E-state index in [1.807, 2.05) is 12.1 Å². The molecule has 2 rings (SSSR count). The van der Waals surface area contributed by atoms with Gasteiger partial charge in [-0.15, -0.1) is 0 Å². The Hall–Kier alpha value is -2.04. The van der Waals surface area contributed by atoms with E-state index in [1.54, 1.807) is 16.7 Å². The van der Waals surface area contributed by atoms with Gasteiger partial charge in [0.15, 0.2) is 11.5 Å². The zero-order valence-corrected chi connectivity index (χ0v) is 12.2. The number of pyridine rings is 1. The number of imidazole rings is 1. The number of hydrogen-bond acceptors (Lipinski definition) is 3. The molecule has 108 valence electrons. The minimum atomic E-state index is -0.969. The monoisotopic (exact) mass is 275 g/mol. The summed E-state index contributed by atoms with van der Waals surface area (Å²) >= 11 is 0. The fourth-order valence-corrected chi connectivity index (χ4v) is 2.55. The summed E-state index contributed by atoms with van der Waals surface area (Å²) in [6.07, 6.45) is 4.50. The zero-order valence-electron chi connectivity index (χ0n) is 12.2. The summed E-state index contributed by atoms with van der Waals surface area (Å²) in [7, 11) is 0. The topological polar surface area (TPSA) is 66.6 Å². The molecule has 0 fully saturated rings. The molecule has 0 saturated heterocycles. The third kappa shape index (κ3) is 2.35. The minimum Gasteiger partial charge on any atom is -0.476 e. The maximum atomic E-state index is 11.5. The molecule has 0 unspecified atom stereocenters. The number of anilines is 1. The van der Waals surface area contributed by atoms with Gasteiger partial charge in [-0.2, -0.15) is 0 Å². The van der Waals surface area contributed by atoms with E-state index >= 15 is 0 Å². The fourth-order valence-electron chi connectivity index (χ4n) is 2.55. The lowest BCUT2D eigenvalue weighted by Gasteiger charge is -2.32. The van der Waals surface area contributed by atoms with Gasteiger partial charge in [-0.05, 0) is 31.4 Å². The van der Waals surface area contributed by atoms with Gasteiger partial charge < -0.3 is 10.4 Å². The molecule has 0 atom stereocenters. The number of carboxylic acid groups (broad SMARTS) is 1. The quantitative estimate of drug-likeness (QED) is 0.847. The second-order valence-corrected chi connectivity index (χ2v) is 5.01. The van der Waals surface area contributed by atoms with Crippen LogP contribution in [0.2, 0.25) is 0 Å². The molecule has 0 bridgehead atoms. The Bertz CT molecular complexity index is 606. The maximum absolute atomic E-state index is 11.5. The van der Waals surface area contributed by atoms with Crippen molar-refractivity contribution in [2.45, 2.75) is 45.6 Å². The first kappa shape index (κ1) is 14.4. The standard InChI is InChI=1S/C15H21N3O2/c1-4-15(5-2,6-3)17-13-12(14(19)20)18-10-8-7-9-11(18)16-13/h7-10,17H,4-6H2,1-3H3,(H,19,20). The van der Waals surface area contributed by atoms with Crippen LogP contribution >= 0.6 is 0 Å². The third-order valence-electron chi connectivity index (χ3n) is 4.15. The molecule has 2 aromatic rings. The van der Waals surface area contributed by atoms with Crippen molar-refractivity contribution >= 4 is 17.4 Å². The van der Waals surface area contributed by atoms with Crippen LogP contribution in [0.4, 0.5) is 5.82 Å². The average Bonchev–Trinajstić information content (AvgIpc) is 2.82. The van der Waals surface area contributed by atoms with E-state index in [0.717, 1.165) is 19.3 Å². The van der Waals surface area contributed by atoms with Crippen LogP contribution in [0, 0.1) is 0 Å². The van der Waals surface area contributed by atoms with Gasteiger partial charge in [-0.25, -0.2) is 9.78 Å². The predicted octanol–water partition coefficient (Wildman–Crippen LogP) is 3.41. The van der Waals surface area contributed by atoms with Crippen molar-refractivity contribution in [1.82, 2.24) is 9.38 Å². The molecular weight excluding hydrogens is 254 g/mol. The molecular formula is C15H21N3O2. The van der Waals surface area contributed by atoms with Crippen LogP contribution in [0.15, 0.2) is 24.4 Å². The molecule has 5 nitrogen and oxygen atoms in total. The zero-order chi connectivity index (χ0) is 14.8. The van der Waals surface area contributed by atoms with E-state index in [-0.39, 0.29) is 11.2 Å². The molecule has 0 aromatic carbocycles. The number of hydrogen-bond donors (Lipinski definition) is 2. The molecule has 0 radical (unpaired) electrons. The molecule has 0 aliphatic rings. The Morgan fingerprint density at radius 2 is 1.95 bits per heavy atom. The highest BCUT2D eigenvalue weighted by molar-refractivity contribution is 5.93. The second-order valence-electron chi connectivity index (χ2n) is 5.01. The Kier molecular flexibility index (Phi) is 3.97. The van der Waals surface area contributed by atoms with Crippen LogP contribution in [-0.4, -0.2) is 26.0 Å². The lowest BCUT2D eigenvalue weighted by Crippen LogP contribution is -2.36. The number of rotatable bonds is 6. The van der Waals surface area contributed by atoms with Crippen molar-refractivity contribution in [2.75, 3.05) is 5.32 Å². The highest BCUT2D eigenvalue weighted by atomic mass is 16.4. The summed E-state index contributed by atoms with van der Waals surface area (Å²) in [5.74, 6) is -0.516. The van der Waals surface area contributed by atoms with E-state index in [0.29, 0.717) is 11.5 Å². The molecule has 0 aliphatic heterocycles. The van der Waals surface area contributed by atoms with E-state index in [2.05, 4.69) is 31.1 Å². The van der Waals surface area contributed by atoms with E-state index < -0.39 is 5.97 Å². The normalized spacial score (nSPS) is 11.8. The van der Waals surface area contributed by atoms with Crippen molar-refractivity contribution < 1.29 is 9.90 Å². The number of carboxylic acids is 1. The van der Waals surface area contributed by atoms with E-state index in [4.69, 9.17) is 0 Å². The van der Waals surface area contributed by atoms with Crippen molar-refractivity contribution in [1.29, 1.82) is 0 Å². The van der Waals surface area contributed by atoms with Crippen molar-refractivity contribution in [3.8, 4) is 0 Å². The molecule has 2 aromatic heterocycles. The van der Waals surface area contributed by atoms with Crippen LogP contribution in [0.5, 0.6) is 0 Å². The van der Waals surface area contributed by atoms with Crippen LogP contribution < -0.4 is 5.32 Å². The van der Waals surface area contributed by atoms with Gasteiger partial charge in [0, 0.05) is 11.7 Å². The fraction of sp³-hybridized carbons (Fsp3) is 0.467. The summed E-state index contributed by atoms with van der Waals surface area (Å²) in [5, 5.41) is 12.8. The Balaban J connectivity index is 2.54. The first-order valence-corrected chi connectivity index (χ1v) is 7.05. The highest BCUT2D eigenvalue weighted by Crippen LogP contribution is 2.27. The largest absolute Gasteiger partial charge is 0.476 e. The number of nitrogens with one attached hydrogen (secondary N) is 1. The molecule has 2 N–H and O–H groups in total. The molecule has 0 spiro atoms. The van der Waals surface area contributed by atoms with Gasteiger partial charge in [0.1, 0.15) is 5.65 Å². The molecule has 0 aliphatic carbocycles. The lowest BCUT2D eigenvalue weighted by molar-refractivity contribution is 0.0690. The first-order chi connectivity index (χ1) is 9.56. The Morgan fingerprint density at radius 1 is 1.30 bits per heavy atom. The van der Waals surface area contributed by atoms with Gasteiger partial charge in [0.05, 0.1) is 0 Å². The number of aromatic nitrogens is 2. The molecule has 5 heteroatoms. The Labute approximate surface area is 118 Å². The van der Waals surface area contributed by atoms with Gasteiger partial charge in [0.2, 0.25) is 0 Å². The number of fused-ring (bicyclic) bond motifs is 1. The minimum absolute atomic E-state index is 0.109. The summed E-state index contributed by atoms with van der Waals surface area (Å²) in [4.78, 5) is 16.0. The predicted molar refractivity (Wildman–Crippen MR) is 79.4 cm³/mol. The summed E-state index contributed by atoms with van der Waals surface area (Å²) in [6.45, 7) is 6.32. The van der Waals surface area contributed by atoms with Crippen LogP contribution in [0.3, 0.4) is 0 Å². The number of carbonyl (C=O) groups is 1. The number of nitrogens with zero attached hydrogens (tertiary/aromatic N) is 2. The third-order valence-corrected chi connectivity index (χ3v) is 4.15. The molecule has 2 heterocycles. The summed E-state index contributed by atoms with van der Waals surface area (Å²) < 4.78 is 1.61. The van der Waals surface area contributed by atoms with Gasteiger partial charge in [-0.1, -0.05) is 26.8 Å². The molecule has 20 heavy (non-hydrogen) atoms. The molecule has 0 amide bonds.